The number of thioether (sulfide) groups is 1. The summed E-state index contributed by atoms with van der Waals surface area (Å²) >= 11 is 1.51. The van der Waals surface area contributed by atoms with Crippen LogP contribution in [0.2, 0.25) is 0 Å². The van der Waals surface area contributed by atoms with Crippen molar-refractivity contribution in [2.75, 3.05) is 19.3 Å². The van der Waals surface area contributed by atoms with Crippen molar-refractivity contribution in [3.8, 4) is 0 Å². The highest BCUT2D eigenvalue weighted by Gasteiger charge is 2.23. The molecule has 1 aliphatic heterocycles. The van der Waals surface area contributed by atoms with Crippen LogP contribution in [0.3, 0.4) is 0 Å². The zero-order chi connectivity index (χ0) is 13.2. The van der Waals surface area contributed by atoms with Crippen LogP contribution in [0.1, 0.15) is 0 Å². The summed E-state index contributed by atoms with van der Waals surface area (Å²) < 4.78 is 1.74. The first-order chi connectivity index (χ1) is 9.29. The van der Waals surface area contributed by atoms with E-state index in [0.717, 1.165) is 16.1 Å². The third kappa shape index (κ3) is 2.23. The van der Waals surface area contributed by atoms with Crippen molar-refractivity contribution in [2.24, 2.45) is 4.99 Å². The minimum absolute atomic E-state index is 0.0412. The van der Waals surface area contributed by atoms with Crippen LogP contribution in [0.5, 0.6) is 0 Å². The lowest BCUT2D eigenvalue weighted by molar-refractivity contribution is -0.127. The number of hydrogen-bond acceptors (Lipinski definition) is 4. The molecule has 0 bridgehead atoms. The van der Waals surface area contributed by atoms with Crippen LogP contribution in [0.25, 0.3) is 10.9 Å². The average molecular weight is 274 g/mol. The van der Waals surface area contributed by atoms with Crippen molar-refractivity contribution in [1.82, 2.24) is 14.7 Å². The second-order valence-corrected chi connectivity index (χ2v) is 5.05. The molecule has 0 radical (unpaired) electrons. The number of hydrogen-bond donors (Lipinski definition) is 0. The first kappa shape index (κ1) is 12.2. The molecule has 3 rings (SSSR count). The number of nitrogens with zero attached hydrogens (tertiary/aromatic N) is 4. The lowest BCUT2D eigenvalue weighted by Gasteiger charge is -2.16. The lowest BCUT2D eigenvalue weighted by Crippen LogP contribution is -2.35. The summed E-state index contributed by atoms with van der Waals surface area (Å²) in [4.78, 5) is 18.3. The molecule has 1 amide bonds. The number of carbonyl (C=O) groups is 1. The van der Waals surface area contributed by atoms with Gasteiger partial charge in [-0.1, -0.05) is 30.0 Å². The molecule has 2 aromatic rings. The van der Waals surface area contributed by atoms with Gasteiger partial charge in [-0.15, -0.1) is 0 Å². The van der Waals surface area contributed by atoms with E-state index in [1.165, 1.54) is 11.8 Å². The number of aromatic nitrogens is 2. The molecular weight excluding hydrogens is 260 g/mol. The Balaban J connectivity index is 1.82. The molecule has 19 heavy (non-hydrogen) atoms. The Hall–Kier alpha value is -1.82. The molecule has 0 N–H and O–H groups in total. The van der Waals surface area contributed by atoms with Crippen LogP contribution >= 0.6 is 11.8 Å². The molecule has 0 fully saturated rings. The van der Waals surface area contributed by atoms with Gasteiger partial charge < -0.3 is 0 Å². The van der Waals surface area contributed by atoms with E-state index in [0.29, 0.717) is 13.1 Å². The molecule has 98 valence electrons. The molecule has 6 heteroatoms. The predicted molar refractivity (Wildman–Crippen MR) is 77.3 cm³/mol. The van der Waals surface area contributed by atoms with E-state index in [4.69, 9.17) is 0 Å². The van der Waals surface area contributed by atoms with E-state index in [9.17, 15) is 4.79 Å². The fraction of sp³-hybridized carbons (Fsp3) is 0.308. The maximum absolute atomic E-state index is 12.3. The van der Waals surface area contributed by atoms with Crippen LogP contribution in [-0.4, -0.2) is 45.1 Å². The number of benzene rings is 1. The Morgan fingerprint density at radius 3 is 3.11 bits per heavy atom. The first-order valence-corrected chi connectivity index (χ1v) is 7.31. The summed E-state index contributed by atoms with van der Waals surface area (Å²) in [6.45, 7) is 1.63. The molecule has 0 aliphatic carbocycles. The summed E-state index contributed by atoms with van der Waals surface area (Å²) in [7, 11) is 0. The lowest BCUT2D eigenvalue weighted by atomic mass is 10.2. The zero-order valence-corrected chi connectivity index (χ0v) is 11.4. The van der Waals surface area contributed by atoms with Gasteiger partial charge in [0.15, 0.2) is 5.17 Å². The van der Waals surface area contributed by atoms with Gasteiger partial charge in [0.1, 0.15) is 6.54 Å². The quantitative estimate of drug-likeness (QED) is 0.835. The third-order valence-corrected chi connectivity index (χ3v) is 3.84. The maximum Gasteiger partial charge on any atom is 0.250 e. The Morgan fingerprint density at radius 2 is 2.26 bits per heavy atom. The fourth-order valence-electron chi connectivity index (χ4n) is 2.20. The number of aliphatic imine (C=N–C) groups is 1. The van der Waals surface area contributed by atoms with Gasteiger partial charge >= 0.3 is 0 Å². The third-order valence-electron chi connectivity index (χ3n) is 3.12. The van der Waals surface area contributed by atoms with E-state index < -0.39 is 0 Å². The zero-order valence-electron chi connectivity index (χ0n) is 10.6. The first-order valence-electron chi connectivity index (χ1n) is 6.09. The Bertz CT molecular complexity index is 649. The van der Waals surface area contributed by atoms with Crippen molar-refractivity contribution < 1.29 is 4.79 Å². The Morgan fingerprint density at radius 1 is 1.42 bits per heavy atom. The van der Waals surface area contributed by atoms with E-state index >= 15 is 0 Å². The van der Waals surface area contributed by atoms with Crippen LogP contribution in [0.4, 0.5) is 0 Å². The molecule has 5 nitrogen and oxygen atoms in total. The number of rotatable bonds is 2. The van der Waals surface area contributed by atoms with Crippen molar-refractivity contribution >= 4 is 33.7 Å². The van der Waals surface area contributed by atoms with Crippen LogP contribution in [0, 0.1) is 0 Å². The molecule has 0 atom stereocenters. The van der Waals surface area contributed by atoms with Gasteiger partial charge in [-0.25, -0.2) is 0 Å². The van der Waals surface area contributed by atoms with Crippen LogP contribution in [0.15, 0.2) is 35.5 Å². The molecule has 0 spiro atoms. The highest BCUT2D eigenvalue weighted by Crippen LogP contribution is 2.15. The molecule has 0 unspecified atom stereocenters. The van der Waals surface area contributed by atoms with Crippen LogP contribution < -0.4 is 0 Å². The van der Waals surface area contributed by atoms with E-state index in [-0.39, 0.29) is 12.5 Å². The van der Waals surface area contributed by atoms with E-state index in [2.05, 4.69) is 10.1 Å². The Labute approximate surface area is 115 Å². The standard InChI is InChI=1S/C13H14N4OS/c1-19-13-14-6-7-16(13)12(18)9-17-11-5-3-2-4-10(11)8-15-17/h2-5,8H,6-7,9H2,1H3. The predicted octanol–water partition coefficient (Wildman–Crippen LogP) is 1.60. The van der Waals surface area contributed by atoms with Gasteiger partial charge in [-0.05, 0) is 12.3 Å². The maximum atomic E-state index is 12.3. The largest absolute Gasteiger partial charge is 0.288 e. The van der Waals surface area contributed by atoms with Gasteiger partial charge in [-0.3, -0.25) is 19.4 Å². The number of amides is 1. The summed E-state index contributed by atoms with van der Waals surface area (Å²) in [6, 6.07) is 7.89. The van der Waals surface area contributed by atoms with Gasteiger partial charge in [0.25, 0.3) is 0 Å². The highest BCUT2D eigenvalue weighted by molar-refractivity contribution is 8.13. The second kappa shape index (κ2) is 5.05. The smallest absolute Gasteiger partial charge is 0.250 e. The number of carbonyl (C=O) groups excluding carboxylic acids is 1. The molecule has 0 saturated heterocycles. The average Bonchev–Trinajstić information content (AvgIpc) is 3.05. The molecule has 1 aliphatic rings. The number of amidine groups is 1. The summed E-state index contributed by atoms with van der Waals surface area (Å²) in [5.74, 6) is 0.0412. The number of para-hydroxylation sites is 1. The summed E-state index contributed by atoms with van der Waals surface area (Å²) in [5.41, 5.74) is 0.984. The second-order valence-electron chi connectivity index (χ2n) is 4.27. The monoisotopic (exact) mass is 274 g/mol. The minimum atomic E-state index is 0.0412. The number of fused-ring (bicyclic) bond motifs is 1. The molecule has 1 aromatic carbocycles. The van der Waals surface area contributed by atoms with Gasteiger partial charge in [0.05, 0.1) is 18.3 Å². The van der Waals surface area contributed by atoms with Gasteiger partial charge in [0, 0.05) is 11.9 Å². The van der Waals surface area contributed by atoms with E-state index in [1.807, 2.05) is 30.5 Å². The van der Waals surface area contributed by atoms with Crippen molar-refractivity contribution in [3.05, 3.63) is 30.5 Å². The van der Waals surface area contributed by atoms with Crippen molar-refractivity contribution in [1.29, 1.82) is 0 Å². The molecule has 0 saturated carbocycles. The normalized spacial score (nSPS) is 15.0. The van der Waals surface area contributed by atoms with Gasteiger partial charge in [0.2, 0.25) is 5.91 Å². The molecule has 1 aromatic heterocycles. The van der Waals surface area contributed by atoms with Crippen molar-refractivity contribution in [3.63, 3.8) is 0 Å². The summed E-state index contributed by atoms with van der Waals surface area (Å²) in [6.07, 6.45) is 3.73. The topological polar surface area (TPSA) is 50.5 Å². The van der Waals surface area contributed by atoms with Crippen LogP contribution in [-0.2, 0) is 11.3 Å². The minimum Gasteiger partial charge on any atom is -0.288 e. The van der Waals surface area contributed by atoms with Crippen molar-refractivity contribution in [2.45, 2.75) is 6.54 Å². The SMILES string of the molecule is CSC1=NCCN1C(=O)Cn1ncc2ccccc21. The van der Waals surface area contributed by atoms with E-state index in [1.54, 1.807) is 15.8 Å². The highest BCUT2D eigenvalue weighted by atomic mass is 32.2. The Kier molecular flexibility index (Phi) is 3.25. The molecular formula is C13H14N4OS. The van der Waals surface area contributed by atoms with Gasteiger partial charge in [-0.2, -0.15) is 5.10 Å². The fourth-order valence-corrected chi connectivity index (χ4v) is 2.83. The summed E-state index contributed by atoms with van der Waals surface area (Å²) in [5, 5.41) is 6.14. The molecule has 2 heterocycles.